The van der Waals surface area contributed by atoms with Gasteiger partial charge in [-0.3, -0.25) is 19.2 Å². The van der Waals surface area contributed by atoms with E-state index in [4.69, 9.17) is 37.4 Å². The number of hydrogen-bond donors (Lipinski definition) is 0. The van der Waals surface area contributed by atoms with Crippen LogP contribution in [0.1, 0.15) is 25.3 Å². The van der Waals surface area contributed by atoms with Crippen LogP contribution >= 0.6 is 23.2 Å². The zero-order valence-corrected chi connectivity index (χ0v) is 20.0. The average molecular weight is 500 g/mol. The normalized spacial score (nSPS) is 26.3. The van der Waals surface area contributed by atoms with Crippen molar-refractivity contribution >= 4 is 46.9 Å². The van der Waals surface area contributed by atoms with Gasteiger partial charge in [-0.15, -0.1) is 23.2 Å². The fourth-order valence-corrected chi connectivity index (χ4v) is 5.18. The summed E-state index contributed by atoms with van der Waals surface area (Å²) in [5.41, 5.74) is 0.598. The summed E-state index contributed by atoms with van der Waals surface area (Å²) < 4.78 is 16.0. The van der Waals surface area contributed by atoms with E-state index in [1.165, 1.54) is 6.92 Å². The van der Waals surface area contributed by atoms with Crippen molar-refractivity contribution in [3.05, 3.63) is 29.8 Å². The minimum absolute atomic E-state index is 0.155. The second-order valence-corrected chi connectivity index (χ2v) is 8.79. The van der Waals surface area contributed by atoms with Crippen molar-refractivity contribution in [2.45, 2.75) is 25.9 Å². The zero-order valence-electron chi connectivity index (χ0n) is 18.5. The molecule has 2 heterocycles. The number of ketones is 1. The first-order chi connectivity index (χ1) is 15.8. The number of carbonyl (C=O) groups excluding carboxylic acids is 4. The maximum absolute atomic E-state index is 13.4. The Morgan fingerprint density at radius 3 is 2.27 bits per heavy atom. The van der Waals surface area contributed by atoms with Crippen LogP contribution in [0.2, 0.25) is 0 Å². The fraction of sp³-hybridized carbons (Fsp3) is 0.565. The number of Topliss-reactive ketones (excluding diaryl/α,β-unsaturated/α-hetero) is 1. The van der Waals surface area contributed by atoms with E-state index < -0.39 is 47.7 Å². The zero-order chi connectivity index (χ0) is 24.1. The Labute approximate surface area is 202 Å². The number of halogens is 2. The Balaban J connectivity index is 1.97. The van der Waals surface area contributed by atoms with Gasteiger partial charge in [0.15, 0.2) is 5.78 Å². The van der Waals surface area contributed by atoms with Gasteiger partial charge in [0.05, 0.1) is 12.5 Å². The molecule has 2 bridgehead atoms. The monoisotopic (exact) mass is 499 g/mol. The Hall–Kier alpha value is -2.16. The van der Waals surface area contributed by atoms with Gasteiger partial charge in [0.25, 0.3) is 0 Å². The molecule has 33 heavy (non-hydrogen) atoms. The summed E-state index contributed by atoms with van der Waals surface area (Å²) in [6.45, 7) is 4.43. The molecule has 2 saturated heterocycles. The van der Waals surface area contributed by atoms with Crippen molar-refractivity contribution in [3.8, 4) is 5.75 Å². The molecule has 4 rings (SSSR count). The van der Waals surface area contributed by atoms with E-state index in [2.05, 4.69) is 0 Å². The second-order valence-electron chi connectivity index (χ2n) is 8.03. The molecule has 0 N–H and O–H groups in total. The van der Waals surface area contributed by atoms with Crippen LogP contribution in [-0.2, 0) is 28.7 Å². The van der Waals surface area contributed by atoms with E-state index in [9.17, 15) is 19.2 Å². The number of benzene rings is 1. The molecule has 1 aliphatic carbocycles. The lowest BCUT2D eigenvalue weighted by Gasteiger charge is -2.49. The van der Waals surface area contributed by atoms with Gasteiger partial charge >= 0.3 is 17.9 Å². The third kappa shape index (κ3) is 5.50. The number of fused-ring (bicyclic) bond motifs is 3. The Morgan fingerprint density at radius 2 is 1.73 bits per heavy atom. The van der Waals surface area contributed by atoms with Crippen LogP contribution in [0.25, 0.3) is 0 Å². The highest BCUT2D eigenvalue weighted by Crippen LogP contribution is 2.49. The molecule has 5 atom stereocenters. The summed E-state index contributed by atoms with van der Waals surface area (Å²) in [7, 11) is 0. The molecule has 180 valence electrons. The maximum Gasteiger partial charge on any atom is 0.317 e. The van der Waals surface area contributed by atoms with E-state index in [-0.39, 0.29) is 18.9 Å². The predicted octanol–water partition coefficient (Wildman–Crippen LogP) is 2.39. The van der Waals surface area contributed by atoms with Crippen molar-refractivity contribution in [2.75, 3.05) is 38.0 Å². The first-order valence-electron chi connectivity index (χ1n) is 10.9. The van der Waals surface area contributed by atoms with E-state index >= 15 is 0 Å². The number of rotatable bonds is 10. The third-order valence-corrected chi connectivity index (χ3v) is 6.35. The standard InChI is InChI=1S/C23H27Cl2NO7/c1-3-31-22(29)19-17(14-4-6-15(7-5-14)32-13(2)27)18-20(28)16(21(19)33-23(18)30)12-26(10-8-24)11-9-25/h4-7,16-19,21H,3,8-12H2,1-2H3/t16-,17-,18+,19-,21-/m0/s1. The van der Waals surface area contributed by atoms with Crippen molar-refractivity contribution in [3.63, 3.8) is 0 Å². The Morgan fingerprint density at radius 1 is 1.09 bits per heavy atom. The number of alkyl halides is 2. The highest BCUT2D eigenvalue weighted by atomic mass is 35.5. The van der Waals surface area contributed by atoms with Gasteiger partial charge in [-0.05, 0) is 24.6 Å². The van der Waals surface area contributed by atoms with Crippen LogP contribution < -0.4 is 4.74 Å². The first kappa shape index (κ1) is 25.5. The molecule has 0 amide bonds. The Bertz CT molecular complexity index is 885. The minimum Gasteiger partial charge on any atom is -0.466 e. The molecule has 8 nitrogen and oxygen atoms in total. The molecule has 0 radical (unpaired) electrons. The number of hydrogen-bond acceptors (Lipinski definition) is 8. The van der Waals surface area contributed by atoms with Gasteiger partial charge in [0.1, 0.15) is 23.7 Å². The predicted molar refractivity (Wildman–Crippen MR) is 120 cm³/mol. The lowest BCUT2D eigenvalue weighted by Crippen LogP contribution is -2.63. The Kier molecular flexibility index (Phi) is 8.73. The van der Waals surface area contributed by atoms with Gasteiger partial charge in [0, 0.05) is 44.2 Å². The van der Waals surface area contributed by atoms with Crippen molar-refractivity contribution in [1.82, 2.24) is 4.90 Å². The molecule has 1 saturated carbocycles. The third-order valence-electron chi connectivity index (χ3n) is 6.02. The van der Waals surface area contributed by atoms with E-state index in [1.807, 2.05) is 4.90 Å². The topological polar surface area (TPSA) is 99.2 Å². The number of carbonyl (C=O) groups is 4. The molecular weight excluding hydrogens is 473 g/mol. The second kappa shape index (κ2) is 11.3. The largest absolute Gasteiger partial charge is 0.466 e. The molecule has 0 aromatic heterocycles. The van der Waals surface area contributed by atoms with Gasteiger partial charge in [-0.25, -0.2) is 0 Å². The summed E-state index contributed by atoms with van der Waals surface area (Å²) in [5.74, 6) is -4.27. The van der Waals surface area contributed by atoms with Gasteiger partial charge < -0.3 is 19.1 Å². The summed E-state index contributed by atoms with van der Waals surface area (Å²) in [4.78, 5) is 52.4. The van der Waals surface area contributed by atoms with Crippen LogP contribution in [-0.4, -0.2) is 72.7 Å². The van der Waals surface area contributed by atoms with Crippen LogP contribution in [0.3, 0.4) is 0 Å². The lowest BCUT2D eigenvalue weighted by atomic mass is 9.60. The molecule has 3 aliphatic rings. The van der Waals surface area contributed by atoms with Gasteiger partial charge in [-0.1, -0.05) is 12.1 Å². The first-order valence-corrected chi connectivity index (χ1v) is 11.9. The van der Waals surface area contributed by atoms with Crippen molar-refractivity contribution in [1.29, 1.82) is 0 Å². The minimum atomic E-state index is -1.14. The maximum atomic E-state index is 13.4. The molecule has 0 spiro atoms. The fourth-order valence-electron chi connectivity index (χ4n) is 4.71. The highest BCUT2D eigenvalue weighted by molar-refractivity contribution is 6.18. The molecule has 10 heteroatoms. The van der Waals surface area contributed by atoms with Crippen molar-refractivity contribution in [2.24, 2.45) is 17.8 Å². The molecule has 3 fully saturated rings. The van der Waals surface area contributed by atoms with Gasteiger partial charge in [-0.2, -0.15) is 0 Å². The average Bonchev–Trinajstić information content (AvgIpc) is 2.76. The number of esters is 3. The van der Waals surface area contributed by atoms with Crippen LogP contribution in [0, 0.1) is 17.8 Å². The molecule has 1 aromatic rings. The number of ether oxygens (including phenoxy) is 3. The summed E-state index contributed by atoms with van der Waals surface area (Å²) in [5, 5.41) is 0. The lowest BCUT2D eigenvalue weighted by molar-refractivity contribution is -0.197. The molecule has 1 aromatic carbocycles. The van der Waals surface area contributed by atoms with Crippen LogP contribution in [0.15, 0.2) is 24.3 Å². The van der Waals surface area contributed by atoms with Crippen LogP contribution in [0.4, 0.5) is 0 Å². The highest BCUT2D eigenvalue weighted by Gasteiger charge is 2.62. The van der Waals surface area contributed by atoms with Crippen LogP contribution in [0.5, 0.6) is 5.75 Å². The van der Waals surface area contributed by atoms with Crippen molar-refractivity contribution < 1.29 is 33.4 Å². The molecule has 2 aliphatic heterocycles. The quantitative estimate of drug-likeness (QED) is 0.209. The summed E-state index contributed by atoms with van der Waals surface area (Å²) >= 11 is 11.8. The van der Waals surface area contributed by atoms with E-state index in [1.54, 1.807) is 31.2 Å². The van der Waals surface area contributed by atoms with E-state index in [0.717, 1.165) is 0 Å². The van der Waals surface area contributed by atoms with E-state index in [0.29, 0.717) is 36.2 Å². The SMILES string of the molecule is CCOC(=O)[C@@H]1[C@H]2OC(=O)[C@@H](C(=O)[C@@H]2CN(CCCl)CCCl)[C@@H]1c1ccc(OC(C)=O)cc1. The summed E-state index contributed by atoms with van der Waals surface area (Å²) in [6, 6.07) is 6.44. The molecular formula is C23H27Cl2NO7. The number of nitrogens with zero attached hydrogens (tertiary/aromatic N) is 1. The summed E-state index contributed by atoms with van der Waals surface area (Å²) in [6.07, 6.45) is -0.958. The van der Waals surface area contributed by atoms with Gasteiger partial charge in [0.2, 0.25) is 0 Å². The smallest absolute Gasteiger partial charge is 0.317 e. The molecule has 0 unspecified atom stereocenters.